The monoisotopic (exact) mass is 457 g/mol. The Hall–Kier alpha value is -3.38. The number of anilines is 2. The highest BCUT2D eigenvalue weighted by atomic mass is 32.1. The Morgan fingerprint density at radius 2 is 1.52 bits per heavy atom. The lowest BCUT2D eigenvalue weighted by molar-refractivity contribution is -0.120. The van der Waals surface area contributed by atoms with E-state index in [0.29, 0.717) is 30.0 Å². The van der Waals surface area contributed by atoms with Crippen molar-refractivity contribution >= 4 is 40.1 Å². The minimum Gasteiger partial charge on any atom is -0.368 e. The van der Waals surface area contributed by atoms with E-state index in [0.717, 1.165) is 23.5 Å². The van der Waals surface area contributed by atoms with Crippen molar-refractivity contribution in [2.45, 2.75) is 20.8 Å². The molecule has 0 aliphatic carbocycles. The summed E-state index contributed by atoms with van der Waals surface area (Å²) in [5, 5.41) is 1.95. The molecule has 0 spiro atoms. The number of imide groups is 1. The van der Waals surface area contributed by atoms with Crippen molar-refractivity contribution in [1.29, 1.82) is 0 Å². The van der Waals surface area contributed by atoms with E-state index in [4.69, 9.17) is 0 Å². The van der Waals surface area contributed by atoms with Crippen LogP contribution in [0.15, 0.2) is 65.7 Å². The summed E-state index contributed by atoms with van der Waals surface area (Å²) in [6, 6.07) is 17.8. The molecule has 5 rings (SSSR count). The Bertz CT molecular complexity index is 1250. The van der Waals surface area contributed by atoms with Gasteiger partial charge in [0.25, 0.3) is 11.8 Å². The summed E-state index contributed by atoms with van der Waals surface area (Å²) >= 11 is 1.50. The van der Waals surface area contributed by atoms with Gasteiger partial charge in [-0.3, -0.25) is 9.59 Å². The van der Waals surface area contributed by atoms with Gasteiger partial charge in [0.15, 0.2) is 0 Å². The molecule has 1 saturated heterocycles. The molecule has 0 saturated carbocycles. The van der Waals surface area contributed by atoms with E-state index >= 15 is 0 Å². The molecule has 6 heteroatoms. The maximum atomic E-state index is 13.7. The van der Waals surface area contributed by atoms with Crippen molar-refractivity contribution in [3.63, 3.8) is 0 Å². The number of hydrogen-bond acceptors (Lipinski definition) is 5. The average Bonchev–Trinajstić information content (AvgIpc) is 3.42. The largest absolute Gasteiger partial charge is 0.368 e. The molecule has 0 atom stereocenters. The first-order valence-corrected chi connectivity index (χ1v) is 12.1. The lowest BCUT2D eigenvalue weighted by Gasteiger charge is -2.38. The zero-order valence-electron chi connectivity index (χ0n) is 19.2. The quantitative estimate of drug-likeness (QED) is 0.529. The fourth-order valence-corrected chi connectivity index (χ4v) is 5.47. The Morgan fingerprint density at radius 3 is 2.21 bits per heavy atom. The van der Waals surface area contributed by atoms with Gasteiger partial charge in [0.2, 0.25) is 0 Å². The molecule has 2 aliphatic heterocycles. The molecule has 0 N–H and O–H groups in total. The van der Waals surface area contributed by atoms with Crippen LogP contribution >= 0.6 is 11.3 Å². The van der Waals surface area contributed by atoms with Crippen LogP contribution in [0.2, 0.25) is 0 Å². The number of hydrogen-bond donors (Lipinski definition) is 0. The maximum Gasteiger partial charge on any atom is 0.282 e. The van der Waals surface area contributed by atoms with Crippen LogP contribution in [0.5, 0.6) is 0 Å². The highest BCUT2D eigenvalue weighted by Gasteiger charge is 2.43. The third-order valence-corrected chi connectivity index (χ3v) is 7.49. The van der Waals surface area contributed by atoms with E-state index in [9.17, 15) is 9.59 Å². The fraction of sp³-hybridized carbons (Fsp3) is 0.259. The van der Waals surface area contributed by atoms with Crippen LogP contribution in [0, 0.1) is 20.8 Å². The van der Waals surface area contributed by atoms with Gasteiger partial charge >= 0.3 is 0 Å². The van der Waals surface area contributed by atoms with Crippen LogP contribution in [0.25, 0.3) is 5.57 Å². The number of rotatable bonds is 4. The Labute approximate surface area is 198 Å². The second-order valence-corrected chi connectivity index (χ2v) is 9.63. The van der Waals surface area contributed by atoms with Crippen LogP contribution in [0.4, 0.5) is 11.4 Å². The van der Waals surface area contributed by atoms with Crippen molar-refractivity contribution in [1.82, 2.24) is 4.90 Å². The summed E-state index contributed by atoms with van der Waals surface area (Å²) < 4.78 is 0. The summed E-state index contributed by atoms with van der Waals surface area (Å²) in [5.74, 6) is -0.464. The van der Waals surface area contributed by atoms with Gasteiger partial charge in [-0.25, -0.2) is 4.90 Å². The van der Waals surface area contributed by atoms with Crippen LogP contribution in [-0.4, -0.2) is 42.9 Å². The molecule has 3 aromatic rings. The Morgan fingerprint density at radius 1 is 0.788 bits per heavy atom. The van der Waals surface area contributed by atoms with Crippen molar-refractivity contribution in [3.05, 3.63) is 87.2 Å². The molecule has 1 aromatic heterocycles. The predicted octanol–water partition coefficient (Wildman–Crippen LogP) is 4.78. The lowest BCUT2D eigenvalue weighted by atomic mass is 10.1. The van der Waals surface area contributed by atoms with Gasteiger partial charge in [-0.1, -0.05) is 30.3 Å². The first-order valence-electron chi connectivity index (χ1n) is 11.3. The Kier molecular flexibility index (Phi) is 5.54. The van der Waals surface area contributed by atoms with Gasteiger partial charge in [-0.15, -0.1) is 11.3 Å². The molecule has 0 bridgehead atoms. The van der Waals surface area contributed by atoms with Gasteiger partial charge in [0.1, 0.15) is 5.70 Å². The molecule has 3 heterocycles. The van der Waals surface area contributed by atoms with Crippen LogP contribution in [0.1, 0.15) is 21.6 Å². The number of carbonyl (C=O) groups is 2. The van der Waals surface area contributed by atoms with Gasteiger partial charge in [0.05, 0.1) is 11.3 Å². The molecule has 1 fully saturated rings. The second-order valence-electron chi connectivity index (χ2n) is 8.68. The average molecular weight is 458 g/mol. The molecule has 168 valence electrons. The first kappa shape index (κ1) is 21.5. The molecule has 33 heavy (non-hydrogen) atoms. The number of aryl methyl sites for hydroxylation is 2. The van der Waals surface area contributed by atoms with E-state index in [2.05, 4.69) is 41.8 Å². The maximum absolute atomic E-state index is 13.7. The van der Waals surface area contributed by atoms with Gasteiger partial charge in [-0.2, -0.15) is 0 Å². The van der Waals surface area contributed by atoms with Crippen molar-refractivity contribution in [2.24, 2.45) is 0 Å². The number of thiophene rings is 1. The topological polar surface area (TPSA) is 43.9 Å². The van der Waals surface area contributed by atoms with E-state index in [1.54, 1.807) is 0 Å². The molecule has 0 unspecified atom stereocenters. The lowest BCUT2D eigenvalue weighted by Crippen LogP contribution is -2.48. The summed E-state index contributed by atoms with van der Waals surface area (Å²) in [6.07, 6.45) is 0. The van der Waals surface area contributed by atoms with Crippen LogP contribution < -0.4 is 9.80 Å². The van der Waals surface area contributed by atoms with Crippen molar-refractivity contribution < 1.29 is 9.59 Å². The molecular weight excluding hydrogens is 430 g/mol. The third-order valence-electron chi connectivity index (χ3n) is 6.60. The van der Waals surface area contributed by atoms with Gasteiger partial charge in [0, 0.05) is 36.7 Å². The highest BCUT2D eigenvalue weighted by molar-refractivity contribution is 7.11. The fourth-order valence-electron chi connectivity index (χ4n) is 4.71. The van der Waals surface area contributed by atoms with Gasteiger partial charge < -0.3 is 9.80 Å². The summed E-state index contributed by atoms with van der Waals surface area (Å²) in [5.41, 5.74) is 6.52. The Balaban J connectivity index is 1.47. The SMILES string of the molecule is Cc1cccc(N2C(=O)C(c3cccs3)=C(N3CCN(c4cccc(C)c4C)CC3)C2=O)c1. The van der Waals surface area contributed by atoms with Crippen molar-refractivity contribution in [3.8, 4) is 0 Å². The summed E-state index contributed by atoms with van der Waals surface area (Å²) in [6.45, 7) is 9.25. The highest BCUT2D eigenvalue weighted by Crippen LogP contribution is 2.37. The molecule has 5 nitrogen and oxygen atoms in total. The second kappa shape index (κ2) is 8.52. The normalized spacial score (nSPS) is 16.9. The van der Waals surface area contributed by atoms with Crippen LogP contribution in [0.3, 0.4) is 0 Å². The van der Waals surface area contributed by atoms with Crippen molar-refractivity contribution in [2.75, 3.05) is 36.0 Å². The molecule has 2 amide bonds. The molecule has 2 aliphatic rings. The summed E-state index contributed by atoms with van der Waals surface area (Å²) in [7, 11) is 0. The molecule has 2 aromatic carbocycles. The number of piperazine rings is 1. The smallest absolute Gasteiger partial charge is 0.282 e. The summed E-state index contributed by atoms with van der Waals surface area (Å²) in [4.78, 5) is 33.9. The third kappa shape index (κ3) is 3.74. The number of benzene rings is 2. The van der Waals surface area contributed by atoms with Gasteiger partial charge in [-0.05, 0) is 67.1 Å². The zero-order valence-corrected chi connectivity index (χ0v) is 20.0. The number of amides is 2. The number of carbonyl (C=O) groups excluding carboxylic acids is 2. The van der Waals surface area contributed by atoms with E-state index < -0.39 is 0 Å². The van der Waals surface area contributed by atoms with E-state index in [-0.39, 0.29) is 11.8 Å². The van der Waals surface area contributed by atoms with Crippen LogP contribution in [-0.2, 0) is 9.59 Å². The predicted molar refractivity (Wildman–Crippen MR) is 135 cm³/mol. The standard InChI is InChI=1S/C27H27N3O2S/c1-18-7-4-9-21(17-18)30-26(31)24(23-11-6-16-33-23)25(27(30)32)29-14-12-28(13-15-29)22-10-5-8-19(2)20(22)3/h4-11,16-17H,12-15H2,1-3H3. The molecular formula is C27H27N3O2S. The van der Waals surface area contributed by atoms with E-state index in [1.165, 1.54) is 33.1 Å². The van der Waals surface area contributed by atoms with E-state index in [1.807, 2.05) is 48.7 Å². The first-order chi connectivity index (χ1) is 16.0. The zero-order chi connectivity index (χ0) is 23.1. The minimum absolute atomic E-state index is 0.228. The molecule has 0 radical (unpaired) electrons. The number of nitrogens with zero attached hydrogens (tertiary/aromatic N) is 3. The minimum atomic E-state index is -0.236.